The Morgan fingerprint density at radius 3 is 2.16 bits per heavy atom. The van der Waals surface area contributed by atoms with Crippen LogP contribution in [0.4, 0.5) is 4.79 Å². The first-order chi connectivity index (χ1) is 8.83. The van der Waals surface area contributed by atoms with Crippen LogP contribution in [-0.4, -0.2) is 54.0 Å². The van der Waals surface area contributed by atoms with Crippen LogP contribution >= 0.6 is 0 Å². The molecule has 0 bridgehead atoms. The number of carboxylic acid groups (broad SMARTS) is 1. The van der Waals surface area contributed by atoms with E-state index in [1.54, 1.807) is 13.8 Å². The number of aliphatic hydroxyl groups is 1. The van der Waals surface area contributed by atoms with Gasteiger partial charge in [0.2, 0.25) is 0 Å². The molecule has 0 aliphatic rings. The van der Waals surface area contributed by atoms with Gasteiger partial charge in [0.1, 0.15) is 12.1 Å². The van der Waals surface area contributed by atoms with Crippen molar-refractivity contribution in [3.63, 3.8) is 0 Å². The van der Waals surface area contributed by atoms with Gasteiger partial charge in [0, 0.05) is 13.0 Å². The molecule has 0 aliphatic heterocycles. The molecule has 8 nitrogen and oxygen atoms in total. The number of carbonyl (C=O) groups excluding carboxylic acids is 2. The zero-order valence-corrected chi connectivity index (χ0v) is 11.2. The maximum absolute atomic E-state index is 11.6. The summed E-state index contributed by atoms with van der Waals surface area (Å²) in [6.45, 7) is 3.05. The Labute approximate surface area is 111 Å². The Bertz CT molecular complexity index is 331. The van der Waals surface area contributed by atoms with Gasteiger partial charge in [-0.25, -0.2) is 14.4 Å². The van der Waals surface area contributed by atoms with Crippen molar-refractivity contribution in [2.75, 3.05) is 13.7 Å². The van der Waals surface area contributed by atoms with Gasteiger partial charge in [-0.15, -0.1) is 0 Å². The largest absolute Gasteiger partial charge is 0.480 e. The van der Waals surface area contributed by atoms with Gasteiger partial charge >= 0.3 is 18.0 Å². The van der Waals surface area contributed by atoms with Crippen LogP contribution in [0.2, 0.25) is 0 Å². The summed E-state index contributed by atoms with van der Waals surface area (Å²) in [5.74, 6) is -2.08. The fraction of sp³-hybridized carbons (Fsp3) is 0.727. The lowest BCUT2D eigenvalue weighted by Crippen LogP contribution is -2.53. The second-order valence-corrected chi connectivity index (χ2v) is 4.27. The van der Waals surface area contributed by atoms with Crippen LogP contribution < -0.4 is 10.6 Å². The number of esters is 1. The molecule has 2 amide bonds. The van der Waals surface area contributed by atoms with Crippen LogP contribution in [0.1, 0.15) is 20.3 Å². The van der Waals surface area contributed by atoms with Crippen molar-refractivity contribution in [3.8, 4) is 0 Å². The molecule has 0 spiro atoms. The predicted molar refractivity (Wildman–Crippen MR) is 65.4 cm³/mol. The molecular weight excluding hydrogens is 256 g/mol. The number of aliphatic carboxylic acids is 1. The molecule has 0 radical (unpaired) electrons. The number of carboxylic acids is 1. The lowest BCUT2D eigenvalue weighted by Gasteiger charge is -2.21. The summed E-state index contributed by atoms with van der Waals surface area (Å²) in [5, 5.41) is 22.0. The van der Waals surface area contributed by atoms with Crippen LogP contribution in [-0.2, 0) is 14.3 Å². The number of amides is 2. The topological polar surface area (TPSA) is 125 Å². The molecule has 110 valence electrons. The fourth-order valence-electron chi connectivity index (χ4n) is 1.35. The average Bonchev–Trinajstić information content (AvgIpc) is 2.34. The van der Waals surface area contributed by atoms with Crippen molar-refractivity contribution in [2.45, 2.75) is 32.4 Å². The molecule has 1 unspecified atom stereocenters. The van der Waals surface area contributed by atoms with Crippen molar-refractivity contribution in [1.29, 1.82) is 0 Å². The van der Waals surface area contributed by atoms with Crippen LogP contribution in [0.5, 0.6) is 0 Å². The minimum atomic E-state index is -1.26. The second-order valence-electron chi connectivity index (χ2n) is 4.27. The van der Waals surface area contributed by atoms with Crippen molar-refractivity contribution in [1.82, 2.24) is 10.6 Å². The molecule has 0 saturated carbocycles. The Morgan fingerprint density at radius 2 is 1.79 bits per heavy atom. The summed E-state index contributed by atoms with van der Waals surface area (Å²) in [6, 6.07) is -2.88. The highest BCUT2D eigenvalue weighted by Gasteiger charge is 2.27. The molecule has 4 N–H and O–H groups in total. The Hall–Kier alpha value is -1.83. The van der Waals surface area contributed by atoms with Gasteiger partial charge in [-0.1, -0.05) is 13.8 Å². The molecule has 2 atom stereocenters. The van der Waals surface area contributed by atoms with Gasteiger partial charge < -0.3 is 25.6 Å². The molecule has 0 fully saturated rings. The van der Waals surface area contributed by atoms with E-state index in [1.807, 2.05) is 0 Å². The van der Waals surface area contributed by atoms with Crippen LogP contribution in [0.3, 0.4) is 0 Å². The predicted octanol–water partition coefficient (Wildman–Crippen LogP) is -0.681. The average molecular weight is 276 g/mol. The van der Waals surface area contributed by atoms with Gasteiger partial charge in [0.05, 0.1) is 7.11 Å². The molecule has 0 aliphatic carbocycles. The summed E-state index contributed by atoms with van der Waals surface area (Å²) in [5.41, 5.74) is 0. The number of carbonyl (C=O) groups is 3. The highest BCUT2D eigenvalue weighted by atomic mass is 16.5. The van der Waals surface area contributed by atoms with Crippen LogP contribution in [0.15, 0.2) is 0 Å². The van der Waals surface area contributed by atoms with Gasteiger partial charge in [-0.3, -0.25) is 0 Å². The lowest BCUT2D eigenvalue weighted by atomic mass is 10.1. The van der Waals surface area contributed by atoms with E-state index in [4.69, 9.17) is 10.2 Å². The van der Waals surface area contributed by atoms with E-state index in [9.17, 15) is 14.4 Å². The van der Waals surface area contributed by atoms with E-state index in [-0.39, 0.29) is 18.9 Å². The van der Waals surface area contributed by atoms with E-state index in [1.165, 1.54) is 7.11 Å². The SMILES string of the molecule is COC(=O)C(NC(=O)N[C@@H](CCO)C(=O)O)C(C)C. The Balaban J connectivity index is 4.56. The van der Waals surface area contributed by atoms with E-state index in [0.29, 0.717) is 0 Å². The molecular formula is C11H20N2O6. The molecule has 0 heterocycles. The third-order valence-corrected chi connectivity index (χ3v) is 2.43. The maximum atomic E-state index is 11.6. The number of nitrogens with one attached hydrogen (secondary N) is 2. The zero-order chi connectivity index (χ0) is 15.0. The monoisotopic (exact) mass is 276 g/mol. The molecule has 0 aromatic rings. The third kappa shape index (κ3) is 6.05. The maximum Gasteiger partial charge on any atom is 0.328 e. The summed E-state index contributed by atoms with van der Waals surface area (Å²) in [6.07, 6.45) is -0.118. The summed E-state index contributed by atoms with van der Waals surface area (Å²) >= 11 is 0. The standard InChI is InChI=1S/C11H20N2O6/c1-6(2)8(10(17)19-3)13-11(18)12-7(4-5-14)9(15)16/h6-8,14H,4-5H2,1-3H3,(H,15,16)(H2,12,13,18)/t7-,8?/m0/s1. The normalized spacial score (nSPS) is 13.5. The lowest BCUT2D eigenvalue weighted by molar-refractivity contribution is -0.144. The molecule has 0 saturated heterocycles. The van der Waals surface area contributed by atoms with Gasteiger partial charge in [-0.05, 0) is 5.92 Å². The number of methoxy groups -OCH3 is 1. The third-order valence-electron chi connectivity index (χ3n) is 2.43. The number of aliphatic hydroxyl groups excluding tert-OH is 1. The quantitative estimate of drug-likeness (QED) is 0.456. The first kappa shape index (κ1) is 17.2. The second kappa shape index (κ2) is 8.30. The summed E-state index contributed by atoms with van der Waals surface area (Å²) in [4.78, 5) is 33.8. The number of hydrogen-bond donors (Lipinski definition) is 4. The zero-order valence-electron chi connectivity index (χ0n) is 11.2. The van der Waals surface area contributed by atoms with E-state index >= 15 is 0 Å². The number of urea groups is 1. The van der Waals surface area contributed by atoms with Gasteiger partial charge in [0.25, 0.3) is 0 Å². The highest BCUT2D eigenvalue weighted by molar-refractivity contribution is 5.86. The van der Waals surface area contributed by atoms with Crippen LogP contribution in [0, 0.1) is 5.92 Å². The van der Waals surface area contributed by atoms with Crippen LogP contribution in [0.25, 0.3) is 0 Å². The number of hydrogen-bond acceptors (Lipinski definition) is 5. The van der Waals surface area contributed by atoms with E-state index in [2.05, 4.69) is 15.4 Å². The summed E-state index contributed by atoms with van der Waals surface area (Å²) < 4.78 is 4.54. The molecule has 0 aromatic carbocycles. The first-order valence-corrected chi connectivity index (χ1v) is 5.82. The van der Waals surface area contributed by atoms with Crippen molar-refractivity contribution < 1.29 is 29.3 Å². The van der Waals surface area contributed by atoms with Crippen molar-refractivity contribution in [2.24, 2.45) is 5.92 Å². The minimum absolute atomic E-state index is 0.118. The van der Waals surface area contributed by atoms with E-state index < -0.39 is 30.1 Å². The Morgan fingerprint density at radius 1 is 1.21 bits per heavy atom. The smallest absolute Gasteiger partial charge is 0.328 e. The van der Waals surface area contributed by atoms with Gasteiger partial charge in [-0.2, -0.15) is 0 Å². The Kier molecular flexibility index (Phi) is 7.50. The van der Waals surface area contributed by atoms with Crippen molar-refractivity contribution >= 4 is 18.0 Å². The number of ether oxygens (including phenoxy) is 1. The number of rotatable bonds is 7. The fourth-order valence-corrected chi connectivity index (χ4v) is 1.35. The summed E-state index contributed by atoms with van der Waals surface area (Å²) in [7, 11) is 1.20. The van der Waals surface area contributed by atoms with E-state index in [0.717, 1.165) is 0 Å². The minimum Gasteiger partial charge on any atom is -0.480 e. The highest BCUT2D eigenvalue weighted by Crippen LogP contribution is 2.03. The van der Waals surface area contributed by atoms with Gasteiger partial charge in [0.15, 0.2) is 0 Å². The van der Waals surface area contributed by atoms with Crippen molar-refractivity contribution in [3.05, 3.63) is 0 Å². The molecule has 0 aromatic heterocycles. The molecule has 19 heavy (non-hydrogen) atoms. The molecule has 8 heteroatoms. The first-order valence-electron chi connectivity index (χ1n) is 5.82. The molecule has 0 rings (SSSR count).